The molecule has 0 radical (unpaired) electrons. The number of nitrogens with one attached hydrogen (secondary N) is 2. The van der Waals surface area contributed by atoms with Crippen LogP contribution in [0.1, 0.15) is 19.4 Å². The lowest BCUT2D eigenvalue weighted by molar-refractivity contribution is -0.131. The first-order valence-electron chi connectivity index (χ1n) is 5.56. The molecule has 5 heteroatoms. The molecule has 1 aromatic carbocycles. The number of carboxylic acids is 1. The van der Waals surface area contributed by atoms with Crippen molar-refractivity contribution in [2.45, 2.75) is 19.9 Å². The summed E-state index contributed by atoms with van der Waals surface area (Å²) in [6.07, 6.45) is 2.64. The van der Waals surface area contributed by atoms with Crippen LogP contribution in [-0.4, -0.2) is 22.2 Å². The summed E-state index contributed by atoms with van der Waals surface area (Å²) in [6, 6.07) is 7.60. The van der Waals surface area contributed by atoms with Crippen molar-refractivity contribution in [3.05, 3.63) is 35.9 Å². The Labute approximate surface area is 112 Å². The number of carbonyl (C=O) groups is 1. The van der Waals surface area contributed by atoms with Crippen LogP contribution in [0.4, 0.5) is 5.69 Å². The van der Waals surface area contributed by atoms with E-state index < -0.39 is 5.97 Å². The Morgan fingerprint density at radius 2 is 1.94 bits per heavy atom. The average Bonchev–Trinajstić information content (AvgIpc) is 2.26. The molecule has 0 spiro atoms. The van der Waals surface area contributed by atoms with Gasteiger partial charge in [0.15, 0.2) is 5.11 Å². The second-order valence-corrected chi connectivity index (χ2v) is 4.45. The summed E-state index contributed by atoms with van der Waals surface area (Å²) in [4.78, 5) is 10.4. The summed E-state index contributed by atoms with van der Waals surface area (Å²) in [7, 11) is 0. The van der Waals surface area contributed by atoms with E-state index in [2.05, 4.69) is 10.6 Å². The minimum absolute atomic E-state index is 0.280. The number of carboxylic acid groups (broad SMARTS) is 1. The third-order valence-electron chi connectivity index (χ3n) is 2.01. The largest absolute Gasteiger partial charge is 0.478 e. The Morgan fingerprint density at radius 1 is 1.33 bits per heavy atom. The van der Waals surface area contributed by atoms with Crippen molar-refractivity contribution in [1.82, 2.24) is 5.32 Å². The number of anilines is 1. The van der Waals surface area contributed by atoms with Gasteiger partial charge in [-0.1, -0.05) is 12.1 Å². The van der Waals surface area contributed by atoms with E-state index in [1.54, 1.807) is 0 Å². The fraction of sp³-hybridized carbons (Fsp3) is 0.231. The molecular weight excluding hydrogens is 248 g/mol. The summed E-state index contributed by atoms with van der Waals surface area (Å²) in [5, 5.41) is 15.2. The van der Waals surface area contributed by atoms with Crippen molar-refractivity contribution < 1.29 is 9.90 Å². The zero-order valence-corrected chi connectivity index (χ0v) is 11.1. The number of hydrogen-bond acceptors (Lipinski definition) is 2. The molecule has 3 N–H and O–H groups in total. The molecule has 0 unspecified atom stereocenters. The molecule has 0 fully saturated rings. The van der Waals surface area contributed by atoms with Crippen LogP contribution in [-0.2, 0) is 4.79 Å². The number of benzene rings is 1. The number of rotatable bonds is 4. The first kappa shape index (κ1) is 14.2. The third kappa shape index (κ3) is 5.45. The first-order chi connectivity index (χ1) is 8.47. The topological polar surface area (TPSA) is 61.4 Å². The van der Waals surface area contributed by atoms with Crippen LogP contribution < -0.4 is 10.6 Å². The fourth-order valence-electron chi connectivity index (χ4n) is 1.27. The number of aliphatic carboxylic acids is 1. The first-order valence-corrected chi connectivity index (χ1v) is 5.97. The van der Waals surface area contributed by atoms with Crippen molar-refractivity contribution in [3.63, 3.8) is 0 Å². The molecule has 18 heavy (non-hydrogen) atoms. The molecule has 0 aliphatic heterocycles. The van der Waals surface area contributed by atoms with Gasteiger partial charge >= 0.3 is 5.97 Å². The van der Waals surface area contributed by atoms with Crippen LogP contribution in [0.3, 0.4) is 0 Å². The Hall–Kier alpha value is -1.88. The van der Waals surface area contributed by atoms with E-state index in [4.69, 9.17) is 17.3 Å². The third-order valence-corrected chi connectivity index (χ3v) is 2.23. The molecule has 0 saturated carbocycles. The highest BCUT2D eigenvalue weighted by Crippen LogP contribution is 2.10. The molecular formula is C13H16N2O2S. The molecule has 0 bridgehead atoms. The summed E-state index contributed by atoms with van der Waals surface area (Å²) in [5.74, 6) is -0.959. The van der Waals surface area contributed by atoms with E-state index in [0.29, 0.717) is 5.11 Å². The van der Waals surface area contributed by atoms with E-state index in [1.165, 1.54) is 6.08 Å². The van der Waals surface area contributed by atoms with E-state index in [9.17, 15) is 4.79 Å². The lowest BCUT2D eigenvalue weighted by atomic mass is 10.2. The summed E-state index contributed by atoms with van der Waals surface area (Å²) in [6.45, 7) is 4.02. The van der Waals surface area contributed by atoms with Crippen LogP contribution in [0, 0.1) is 0 Å². The highest BCUT2D eigenvalue weighted by molar-refractivity contribution is 7.80. The standard InChI is InChI=1S/C13H16N2O2S/c1-9(2)14-13(18)15-11-6-3-10(4-7-11)5-8-12(16)17/h3-9H,1-2H3,(H,16,17)(H2,14,15,18)/b8-5+. The van der Waals surface area contributed by atoms with Crippen molar-refractivity contribution >= 4 is 35.1 Å². The van der Waals surface area contributed by atoms with Gasteiger partial charge in [-0.3, -0.25) is 0 Å². The summed E-state index contributed by atoms with van der Waals surface area (Å²) in [5.41, 5.74) is 1.69. The monoisotopic (exact) mass is 264 g/mol. The Bertz CT molecular complexity index is 453. The van der Waals surface area contributed by atoms with E-state index in [0.717, 1.165) is 17.3 Å². The van der Waals surface area contributed by atoms with Crippen molar-refractivity contribution in [2.24, 2.45) is 0 Å². The van der Waals surface area contributed by atoms with Crippen LogP contribution >= 0.6 is 12.2 Å². The second-order valence-electron chi connectivity index (χ2n) is 4.05. The van der Waals surface area contributed by atoms with Gasteiger partial charge in [0, 0.05) is 17.8 Å². The number of hydrogen-bond donors (Lipinski definition) is 3. The molecule has 96 valence electrons. The molecule has 0 amide bonds. The van der Waals surface area contributed by atoms with E-state index in [-0.39, 0.29) is 6.04 Å². The van der Waals surface area contributed by atoms with Gasteiger partial charge in [0.05, 0.1) is 0 Å². The minimum Gasteiger partial charge on any atom is -0.478 e. The Morgan fingerprint density at radius 3 is 2.44 bits per heavy atom. The van der Waals surface area contributed by atoms with Gasteiger partial charge in [-0.15, -0.1) is 0 Å². The van der Waals surface area contributed by atoms with E-state index >= 15 is 0 Å². The second kappa shape index (κ2) is 6.76. The predicted molar refractivity (Wildman–Crippen MR) is 77.6 cm³/mol. The van der Waals surface area contributed by atoms with Crippen molar-refractivity contribution in [3.8, 4) is 0 Å². The van der Waals surface area contributed by atoms with Gasteiger partial charge in [0.2, 0.25) is 0 Å². The fourth-order valence-corrected chi connectivity index (χ4v) is 1.63. The van der Waals surface area contributed by atoms with Crippen molar-refractivity contribution in [1.29, 1.82) is 0 Å². The smallest absolute Gasteiger partial charge is 0.328 e. The van der Waals surface area contributed by atoms with Crippen LogP contribution in [0.2, 0.25) is 0 Å². The summed E-state index contributed by atoms with van der Waals surface area (Å²) >= 11 is 5.12. The summed E-state index contributed by atoms with van der Waals surface area (Å²) < 4.78 is 0. The minimum atomic E-state index is -0.959. The molecule has 0 aliphatic carbocycles. The molecule has 0 aliphatic rings. The maximum atomic E-state index is 10.4. The Balaban J connectivity index is 2.60. The molecule has 4 nitrogen and oxygen atoms in total. The van der Waals surface area contributed by atoms with E-state index in [1.807, 2.05) is 38.1 Å². The lowest BCUT2D eigenvalue weighted by Gasteiger charge is -2.13. The Kier molecular flexibility index (Phi) is 5.32. The normalized spacial score (nSPS) is 10.6. The van der Waals surface area contributed by atoms with Gasteiger partial charge in [0.25, 0.3) is 0 Å². The lowest BCUT2D eigenvalue weighted by Crippen LogP contribution is -2.33. The molecule has 0 heterocycles. The van der Waals surface area contributed by atoms with Gasteiger partial charge in [-0.05, 0) is 49.8 Å². The average molecular weight is 264 g/mol. The van der Waals surface area contributed by atoms with Crippen LogP contribution in [0.15, 0.2) is 30.3 Å². The van der Waals surface area contributed by atoms with Gasteiger partial charge in [-0.25, -0.2) is 4.79 Å². The highest BCUT2D eigenvalue weighted by Gasteiger charge is 1.99. The highest BCUT2D eigenvalue weighted by atomic mass is 32.1. The maximum Gasteiger partial charge on any atom is 0.328 e. The quantitative estimate of drug-likeness (QED) is 0.576. The SMILES string of the molecule is CC(C)NC(=S)Nc1ccc(/C=C/C(=O)O)cc1. The molecule has 1 rings (SSSR count). The van der Waals surface area contributed by atoms with Crippen molar-refractivity contribution in [2.75, 3.05) is 5.32 Å². The molecule has 1 aromatic rings. The zero-order valence-electron chi connectivity index (χ0n) is 10.3. The molecule has 0 saturated heterocycles. The van der Waals surface area contributed by atoms with Crippen LogP contribution in [0.25, 0.3) is 6.08 Å². The molecule has 0 atom stereocenters. The predicted octanol–water partition coefficient (Wildman–Crippen LogP) is 2.48. The molecule has 0 aromatic heterocycles. The van der Waals surface area contributed by atoms with Gasteiger partial charge in [-0.2, -0.15) is 0 Å². The zero-order chi connectivity index (χ0) is 13.5. The van der Waals surface area contributed by atoms with Gasteiger partial charge < -0.3 is 15.7 Å². The van der Waals surface area contributed by atoms with Gasteiger partial charge in [0.1, 0.15) is 0 Å². The van der Waals surface area contributed by atoms with Crippen LogP contribution in [0.5, 0.6) is 0 Å². The number of thiocarbonyl (C=S) groups is 1. The maximum absolute atomic E-state index is 10.4.